The first kappa shape index (κ1) is 15.3. The van der Waals surface area contributed by atoms with Gasteiger partial charge in [0.2, 0.25) is 5.82 Å². The van der Waals surface area contributed by atoms with Crippen molar-refractivity contribution in [3.63, 3.8) is 0 Å². The Morgan fingerprint density at radius 1 is 1.35 bits per heavy atom. The van der Waals surface area contributed by atoms with Gasteiger partial charge in [-0.3, -0.25) is 0 Å². The van der Waals surface area contributed by atoms with Crippen molar-refractivity contribution in [2.45, 2.75) is 35.8 Å². The first-order chi connectivity index (χ1) is 9.15. The highest BCUT2D eigenvalue weighted by atomic mass is 35.5. The van der Waals surface area contributed by atoms with Gasteiger partial charge in [0.15, 0.2) is 0 Å². The summed E-state index contributed by atoms with van der Waals surface area (Å²) >= 11 is 6.44. The summed E-state index contributed by atoms with van der Waals surface area (Å²) in [6, 6.07) is 8.22. The van der Waals surface area contributed by atoms with E-state index in [1.807, 2.05) is 0 Å². The molecule has 1 aromatic heterocycles. The molecular weight excluding hydrogens is 306 g/mol. The van der Waals surface area contributed by atoms with Crippen molar-refractivity contribution < 1.29 is 13.3 Å². The first-order valence-electron chi connectivity index (χ1n) is 5.77. The van der Waals surface area contributed by atoms with E-state index in [1.165, 1.54) is 0 Å². The van der Waals surface area contributed by atoms with Gasteiger partial charge < -0.3 is 4.52 Å². The van der Waals surface area contributed by atoms with Crippen molar-refractivity contribution in [3.05, 3.63) is 30.2 Å². The highest BCUT2D eigenvalue weighted by Crippen LogP contribution is 2.35. The third-order valence-electron chi connectivity index (χ3n) is 2.12. The number of alkyl halides is 3. The lowest BCUT2D eigenvalue weighted by Gasteiger charge is -2.17. The Hall–Kier alpha value is -1.14. The predicted molar refractivity (Wildman–Crippen MR) is 73.9 cm³/mol. The second-order valence-electron chi connectivity index (χ2n) is 5.08. The van der Waals surface area contributed by atoms with Crippen molar-refractivity contribution in [1.82, 2.24) is 10.1 Å². The fraction of sp³-hybridized carbons (Fsp3) is 0.385. The second kappa shape index (κ2) is 5.33. The van der Waals surface area contributed by atoms with Gasteiger partial charge in [-0.15, -0.1) is 11.8 Å². The summed E-state index contributed by atoms with van der Waals surface area (Å²) in [6.45, 7) is 6.20. The molecule has 2 aromatic rings. The zero-order valence-electron chi connectivity index (χ0n) is 11.1. The molecule has 107 valence electrons. The maximum absolute atomic E-state index is 12.8. The molecule has 0 spiro atoms. The lowest BCUT2D eigenvalue weighted by atomic mass is 10.2. The van der Waals surface area contributed by atoms with Crippen molar-refractivity contribution in [1.29, 1.82) is 0 Å². The molecule has 0 saturated heterocycles. The molecule has 20 heavy (non-hydrogen) atoms. The standard InChI is InChI=1S/C13H12ClF2N2OS/c1-12(2,3)20-9-6-4-5-8(7-9)10-17-11(19-18-10)13(14,15)16/h4-5,7H,1-3H3. The van der Waals surface area contributed by atoms with Crippen LogP contribution in [0.5, 0.6) is 0 Å². The largest absolute Gasteiger partial charge is 0.400 e. The molecule has 0 aliphatic rings. The molecule has 0 fully saturated rings. The van der Waals surface area contributed by atoms with Crippen LogP contribution in [0.1, 0.15) is 26.7 Å². The summed E-state index contributed by atoms with van der Waals surface area (Å²) in [5.41, 5.74) is 0.575. The molecule has 0 amide bonds. The van der Waals surface area contributed by atoms with Gasteiger partial charge in [-0.25, -0.2) is 0 Å². The fourth-order valence-corrected chi connectivity index (χ4v) is 2.48. The Kier molecular flexibility index (Phi) is 4.07. The number of nitrogens with zero attached hydrogens (tertiary/aromatic N) is 2. The third-order valence-corrected chi connectivity index (χ3v) is 3.35. The summed E-state index contributed by atoms with van der Waals surface area (Å²) in [6.07, 6.45) is 0. The zero-order chi connectivity index (χ0) is 15.0. The average molecular weight is 318 g/mol. The van der Waals surface area contributed by atoms with Crippen LogP contribution in [0.4, 0.5) is 8.78 Å². The summed E-state index contributed by atoms with van der Waals surface area (Å²) in [5, 5.41) is -0.141. The van der Waals surface area contributed by atoms with Gasteiger partial charge >= 0.3 is 11.3 Å². The number of thioether (sulfide) groups is 1. The summed E-state index contributed by atoms with van der Waals surface area (Å²) in [5.74, 6) is -0.836. The molecule has 0 aliphatic heterocycles. The Balaban J connectivity index is 2.29. The normalized spacial score (nSPS) is 12.7. The van der Waals surface area contributed by atoms with E-state index in [1.54, 1.807) is 30.0 Å². The van der Waals surface area contributed by atoms with Crippen LogP contribution in [0, 0.1) is 6.07 Å². The summed E-state index contributed by atoms with van der Waals surface area (Å²) in [4.78, 5) is 4.48. The minimum Gasteiger partial charge on any atom is -0.331 e. The number of aromatic nitrogens is 2. The van der Waals surface area contributed by atoms with E-state index in [4.69, 9.17) is 11.6 Å². The number of hydrogen-bond acceptors (Lipinski definition) is 4. The van der Waals surface area contributed by atoms with E-state index in [2.05, 4.69) is 41.5 Å². The van der Waals surface area contributed by atoms with Crippen LogP contribution in [0.25, 0.3) is 11.4 Å². The molecule has 0 aliphatic carbocycles. The quantitative estimate of drug-likeness (QED) is 0.607. The van der Waals surface area contributed by atoms with E-state index in [0.717, 1.165) is 4.90 Å². The topological polar surface area (TPSA) is 38.9 Å². The first-order valence-corrected chi connectivity index (χ1v) is 6.97. The van der Waals surface area contributed by atoms with Crippen molar-refractivity contribution in [2.24, 2.45) is 0 Å². The van der Waals surface area contributed by atoms with Gasteiger partial charge in [0.05, 0.1) is 0 Å². The fourth-order valence-electron chi connectivity index (χ4n) is 1.43. The smallest absolute Gasteiger partial charge is 0.331 e. The molecule has 1 radical (unpaired) electrons. The van der Waals surface area contributed by atoms with Gasteiger partial charge in [-0.1, -0.05) is 38.1 Å². The van der Waals surface area contributed by atoms with Crippen molar-refractivity contribution >= 4 is 23.4 Å². The Bertz CT molecular complexity index is 605. The van der Waals surface area contributed by atoms with E-state index >= 15 is 0 Å². The minimum absolute atomic E-state index is 0.0146. The number of benzene rings is 1. The van der Waals surface area contributed by atoms with E-state index in [9.17, 15) is 8.78 Å². The molecule has 7 heteroatoms. The Labute approximate surface area is 124 Å². The third kappa shape index (κ3) is 3.93. The molecule has 1 aromatic carbocycles. The van der Waals surface area contributed by atoms with E-state index in [-0.39, 0.29) is 10.6 Å². The lowest BCUT2D eigenvalue weighted by Crippen LogP contribution is -2.06. The van der Waals surface area contributed by atoms with Crippen LogP contribution in [0.2, 0.25) is 0 Å². The van der Waals surface area contributed by atoms with Crippen LogP contribution < -0.4 is 0 Å². The molecule has 0 atom stereocenters. The van der Waals surface area contributed by atoms with Crippen molar-refractivity contribution in [3.8, 4) is 11.4 Å². The van der Waals surface area contributed by atoms with Gasteiger partial charge in [0.1, 0.15) is 0 Å². The van der Waals surface area contributed by atoms with Crippen LogP contribution in [0.3, 0.4) is 0 Å². The average Bonchev–Trinajstić information content (AvgIpc) is 2.75. The maximum atomic E-state index is 12.8. The second-order valence-corrected chi connectivity index (χ2v) is 7.42. The monoisotopic (exact) mass is 317 g/mol. The van der Waals surface area contributed by atoms with E-state index in [0.29, 0.717) is 5.56 Å². The SMILES string of the molecule is CC(C)(C)Sc1[c]ccc(-c2noc(C(F)(F)Cl)n2)c1. The molecule has 2 rings (SSSR count). The van der Waals surface area contributed by atoms with Crippen LogP contribution in [-0.4, -0.2) is 14.9 Å². The van der Waals surface area contributed by atoms with E-state index < -0.39 is 11.3 Å². The molecule has 0 N–H and O–H groups in total. The van der Waals surface area contributed by atoms with Crippen LogP contribution in [-0.2, 0) is 5.38 Å². The summed E-state index contributed by atoms with van der Waals surface area (Å²) < 4.78 is 30.2. The van der Waals surface area contributed by atoms with Crippen LogP contribution in [0.15, 0.2) is 27.6 Å². The van der Waals surface area contributed by atoms with Gasteiger partial charge in [0.25, 0.3) is 0 Å². The number of rotatable bonds is 3. The van der Waals surface area contributed by atoms with Crippen molar-refractivity contribution in [2.75, 3.05) is 0 Å². The highest BCUT2D eigenvalue weighted by Gasteiger charge is 2.35. The Morgan fingerprint density at radius 3 is 2.60 bits per heavy atom. The predicted octanol–water partition coefficient (Wildman–Crippen LogP) is 4.72. The van der Waals surface area contributed by atoms with Crippen LogP contribution >= 0.6 is 23.4 Å². The highest BCUT2D eigenvalue weighted by molar-refractivity contribution is 8.00. The summed E-state index contributed by atoms with van der Waals surface area (Å²) in [7, 11) is 0. The molecular formula is C13H12ClF2N2OS. The molecule has 3 nitrogen and oxygen atoms in total. The minimum atomic E-state index is -3.66. The number of halogens is 3. The maximum Gasteiger partial charge on any atom is 0.400 e. The molecule has 0 bridgehead atoms. The lowest BCUT2D eigenvalue weighted by molar-refractivity contribution is 0.0551. The molecule has 0 saturated carbocycles. The zero-order valence-corrected chi connectivity index (χ0v) is 12.6. The van der Waals surface area contributed by atoms with Gasteiger partial charge in [-0.2, -0.15) is 13.8 Å². The number of hydrogen-bond donors (Lipinski definition) is 0. The van der Waals surface area contributed by atoms with Gasteiger partial charge in [0, 0.05) is 15.2 Å². The molecule has 0 unspecified atom stereocenters. The molecule has 1 heterocycles. The van der Waals surface area contributed by atoms with Gasteiger partial charge in [-0.05, 0) is 23.7 Å². The Morgan fingerprint density at radius 2 is 2.05 bits per heavy atom.